The molecule has 0 amide bonds. The molecule has 0 aliphatic carbocycles. The van der Waals surface area contributed by atoms with Gasteiger partial charge in [0.25, 0.3) is 0 Å². The minimum Gasteiger partial charge on any atom is -0.508 e. The van der Waals surface area contributed by atoms with Gasteiger partial charge in [0.15, 0.2) is 0 Å². The molecule has 0 saturated carbocycles. The number of aromatic nitrogens is 2. The van der Waals surface area contributed by atoms with Crippen molar-refractivity contribution in [3.8, 4) is 5.75 Å². The Morgan fingerprint density at radius 3 is 2.64 bits per heavy atom. The second-order valence-corrected chi connectivity index (χ2v) is 5.44. The van der Waals surface area contributed by atoms with E-state index in [1.54, 1.807) is 37.3 Å². The standard InChI is InChI=1S/C17H17N3O2/c1-9(18)5-11-7-15(19-10(11)2)17(22)16-8-12-6-13(21)3-4-14(12)20-16/h3-8,19-21H,18H2,1-2H3/b9-5+. The lowest BCUT2D eigenvalue weighted by atomic mass is 10.1. The Morgan fingerprint density at radius 2 is 1.91 bits per heavy atom. The highest BCUT2D eigenvalue weighted by Gasteiger charge is 2.15. The average Bonchev–Trinajstić information content (AvgIpc) is 3.01. The minimum absolute atomic E-state index is 0.131. The van der Waals surface area contributed by atoms with E-state index in [-0.39, 0.29) is 11.5 Å². The van der Waals surface area contributed by atoms with E-state index < -0.39 is 0 Å². The number of carbonyl (C=O) groups is 1. The van der Waals surface area contributed by atoms with Gasteiger partial charge >= 0.3 is 0 Å². The van der Waals surface area contributed by atoms with Gasteiger partial charge < -0.3 is 20.8 Å². The molecule has 3 rings (SSSR count). The minimum atomic E-state index is -0.131. The first-order valence-electron chi connectivity index (χ1n) is 6.94. The number of aromatic hydroxyl groups is 1. The Kier molecular flexibility index (Phi) is 3.25. The maximum absolute atomic E-state index is 12.6. The summed E-state index contributed by atoms with van der Waals surface area (Å²) >= 11 is 0. The number of phenolic OH excluding ortho intramolecular Hbond substituents is 1. The monoisotopic (exact) mass is 295 g/mol. The zero-order chi connectivity index (χ0) is 15.9. The summed E-state index contributed by atoms with van der Waals surface area (Å²) < 4.78 is 0. The van der Waals surface area contributed by atoms with Crippen LogP contribution in [0.1, 0.15) is 34.4 Å². The summed E-state index contributed by atoms with van der Waals surface area (Å²) in [6.45, 7) is 3.70. The number of nitrogens with two attached hydrogens (primary N) is 1. The number of hydrogen-bond donors (Lipinski definition) is 4. The van der Waals surface area contributed by atoms with E-state index in [2.05, 4.69) is 9.97 Å². The average molecular weight is 295 g/mol. The van der Waals surface area contributed by atoms with Crippen molar-refractivity contribution in [3.05, 3.63) is 58.7 Å². The number of ketones is 1. The van der Waals surface area contributed by atoms with Gasteiger partial charge in [-0.3, -0.25) is 4.79 Å². The van der Waals surface area contributed by atoms with Crippen molar-refractivity contribution in [2.45, 2.75) is 13.8 Å². The van der Waals surface area contributed by atoms with E-state index in [4.69, 9.17) is 5.73 Å². The van der Waals surface area contributed by atoms with Gasteiger partial charge in [0.1, 0.15) is 5.75 Å². The van der Waals surface area contributed by atoms with Gasteiger partial charge in [-0.1, -0.05) is 0 Å². The summed E-state index contributed by atoms with van der Waals surface area (Å²) in [5, 5.41) is 10.3. The summed E-state index contributed by atoms with van der Waals surface area (Å²) in [4.78, 5) is 18.7. The lowest BCUT2D eigenvalue weighted by molar-refractivity contribution is 0.103. The molecule has 0 bridgehead atoms. The Bertz CT molecular complexity index is 896. The summed E-state index contributed by atoms with van der Waals surface area (Å²) in [6.07, 6.45) is 1.83. The predicted molar refractivity (Wildman–Crippen MR) is 86.8 cm³/mol. The summed E-state index contributed by atoms with van der Waals surface area (Å²) in [5.74, 6) is 0.0418. The molecule has 5 heteroatoms. The third-order valence-corrected chi connectivity index (χ3v) is 3.53. The fraction of sp³-hybridized carbons (Fsp3) is 0.118. The van der Waals surface area contributed by atoms with Gasteiger partial charge in [0.2, 0.25) is 5.78 Å². The highest BCUT2D eigenvalue weighted by atomic mass is 16.3. The van der Waals surface area contributed by atoms with Gasteiger partial charge in [-0.2, -0.15) is 0 Å². The molecule has 5 N–H and O–H groups in total. The van der Waals surface area contributed by atoms with Crippen LogP contribution in [0.15, 0.2) is 36.0 Å². The van der Waals surface area contributed by atoms with E-state index in [0.717, 1.165) is 22.2 Å². The Hall–Kier alpha value is -2.95. The second kappa shape index (κ2) is 5.11. The molecule has 0 saturated heterocycles. The normalized spacial score (nSPS) is 12.0. The molecular formula is C17H17N3O2. The molecule has 2 heterocycles. The maximum atomic E-state index is 12.6. The summed E-state index contributed by atoms with van der Waals surface area (Å²) in [7, 11) is 0. The number of nitrogens with one attached hydrogen (secondary N) is 2. The molecule has 0 aliphatic heterocycles. The van der Waals surface area contributed by atoms with Crippen LogP contribution in [0.25, 0.3) is 17.0 Å². The molecule has 0 atom stereocenters. The van der Waals surface area contributed by atoms with E-state index in [1.807, 2.05) is 13.0 Å². The van der Waals surface area contributed by atoms with E-state index in [0.29, 0.717) is 17.1 Å². The molecule has 2 aromatic heterocycles. The van der Waals surface area contributed by atoms with Crippen LogP contribution in [0.5, 0.6) is 5.75 Å². The number of benzene rings is 1. The summed E-state index contributed by atoms with van der Waals surface area (Å²) in [6, 6.07) is 8.47. The smallest absolute Gasteiger partial charge is 0.225 e. The van der Waals surface area contributed by atoms with Crippen LogP contribution in [0.3, 0.4) is 0 Å². The van der Waals surface area contributed by atoms with Gasteiger partial charge in [-0.15, -0.1) is 0 Å². The highest BCUT2D eigenvalue weighted by molar-refractivity contribution is 6.09. The first kappa shape index (κ1) is 14.0. The largest absolute Gasteiger partial charge is 0.508 e. The van der Waals surface area contributed by atoms with Crippen LogP contribution in [0.2, 0.25) is 0 Å². The topological polar surface area (TPSA) is 94.9 Å². The van der Waals surface area contributed by atoms with Crippen LogP contribution < -0.4 is 5.73 Å². The van der Waals surface area contributed by atoms with E-state index in [9.17, 15) is 9.90 Å². The van der Waals surface area contributed by atoms with Crippen molar-refractivity contribution >= 4 is 22.8 Å². The van der Waals surface area contributed by atoms with Crippen molar-refractivity contribution < 1.29 is 9.90 Å². The number of hydrogen-bond acceptors (Lipinski definition) is 3. The summed E-state index contributed by atoms with van der Waals surface area (Å²) in [5.41, 5.74) is 9.94. The number of fused-ring (bicyclic) bond motifs is 1. The molecule has 0 radical (unpaired) electrons. The third-order valence-electron chi connectivity index (χ3n) is 3.53. The molecule has 3 aromatic rings. The number of aryl methyl sites for hydroxylation is 1. The second-order valence-electron chi connectivity index (χ2n) is 5.44. The third kappa shape index (κ3) is 2.48. The first-order chi connectivity index (χ1) is 10.4. The fourth-order valence-electron chi connectivity index (χ4n) is 2.48. The van der Waals surface area contributed by atoms with Crippen LogP contribution in [-0.2, 0) is 0 Å². The van der Waals surface area contributed by atoms with Crippen molar-refractivity contribution in [1.82, 2.24) is 9.97 Å². The Morgan fingerprint density at radius 1 is 1.18 bits per heavy atom. The molecule has 0 aliphatic rings. The molecule has 1 aromatic carbocycles. The quantitative estimate of drug-likeness (QED) is 0.559. The van der Waals surface area contributed by atoms with Crippen molar-refractivity contribution in [2.24, 2.45) is 5.73 Å². The van der Waals surface area contributed by atoms with Crippen molar-refractivity contribution in [2.75, 3.05) is 0 Å². The number of aromatic amines is 2. The van der Waals surface area contributed by atoms with Crippen LogP contribution >= 0.6 is 0 Å². The maximum Gasteiger partial charge on any atom is 0.225 e. The first-order valence-corrected chi connectivity index (χ1v) is 6.94. The van der Waals surface area contributed by atoms with Crippen molar-refractivity contribution in [1.29, 1.82) is 0 Å². The zero-order valence-electron chi connectivity index (χ0n) is 12.4. The number of allylic oxidation sites excluding steroid dienone is 1. The predicted octanol–water partition coefficient (Wildman–Crippen LogP) is 3.06. The molecule has 0 spiro atoms. The van der Waals surface area contributed by atoms with Gasteiger partial charge in [-0.25, -0.2) is 0 Å². The fourth-order valence-corrected chi connectivity index (χ4v) is 2.48. The van der Waals surface area contributed by atoms with Gasteiger partial charge in [0.05, 0.1) is 11.4 Å². The van der Waals surface area contributed by atoms with Crippen molar-refractivity contribution in [3.63, 3.8) is 0 Å². The lowest BCUT2D eigenvalue weighted by Crippen LogP contribution is -2.01. The Balaban J connectivity index is 2.00. The molecular weight excluding hydrogens is 278 g/mol. The number of H-pyrrole nitrogens is 2. The van der Waals surface area contributed by atoms with E-state index in [1.165, 1.54) is 0 Å². The molecule has 5 nitrogen and oxygen atoms in total. The lowest BCUT2D eigenvalue weighted by Gasteiger charge is -1.93. The zero-order valence-corrected chi connectivity index (χ0v) is 12.4. The highest BCUT2D eigenvalue weighted by Crippen LogP contribution is 2.23. The molecule has 22 heavy (non-hydrogen) atoms. The van der Waals surface area contributed by atoms with Crippen LogP contribution in [0.4, 0.5) is 0 Å². The molecule has 0 unspecified atom stereocenters. The van der Waals surface area contributed by atoms with Gasteiger partial charge in [-0.05, 0) is 55.8 Å². The number of phenols is 1. The van der Waals surface area contributed by atoms with Crippen LogP contribution in [-0.4, -0.2) is 20.9 Å². The SMILES string of the molecule is C/C(N)=C\c1cc(C(=O)c2cc3cc(O)ccc3[nH]2)[nH]c1C. The molecule has 0 fully saturated rings. The number of carbonyl (C=O) groups excluding carboxylic acids is 1. The Labute approximate surface area is 127 Å². The van der Waals surface area contributed by atoms with E-state index >= 15 is 0 Å². The van der Waals surface area contributed by atoms with Crippen LogP contribution in [0, 0.1) is 6.92 Å². The van der Waals surface area contributed by atoms with Gasteiger partial charge in [0, 0.05) is 22.3 Å². The molecule has 112 valence electrons. The number of rotatable bonds is 3.